The van der Waals surface area contributed by atoms with Gasteiger partial charge in [-0.3, -0.25) is 0 Å². The molecular weight excluding hydrogens is 248 g/mol. The van der Waals surface area contributed by atoms with E-state index < -0.39 is 6.10 Å². The molecule has 5 unspecified atom stereocenters. The lowest BCUT2D eigenvalue weighted by atomic mass is 9.82. The van der Waals surface area contributed by atoms with Gasteiger partial charge in [-0.25, -0.2) is 0 Å². The van der Waals surface area contributed by atoms with Gasteiger partial charge in [-0.05, 0) is 43.9 Å². The van der Waals surface area contributed by atoms with E-state index in [1.54, 1.807) is 0 Å². The first-order chi connectivity index (χ1) is 8.41. The molecule has 1 fully saturated rings. The van der Waals surface area contributed by atoms with Crippen LogP contribution in [0.4, 0.5) is 0 Å². The molecule has 1 aliphatic heterocycles. The number of rotatable bonds is 2. The highest BCUT2D eigenvalue weighted by Gasteiger charge is 2.41. The Labute approximate surface area is 114 Å². The monoisotopic (exact) mass is 268 g/mol. The fraction of sp³-hybridized carbons (Fsp3) is 0.600. The molecule has 18 heavy (non-hydrogen) atoms. The van der Waals surface area contributed by atoms with Crippen LogP contribution in [0.15, 0.2) is 18.2 Å². The maximum absolute atomic E-state index is 10.6. The third-order valence-corrected chi connectivity index (χ3v) is 4.63. The zero-order chi connectivity index (χ0) is 13.4. The molecule has 0 radical (unpaired) electrons. The first-order valence-electron chi connectivity index (χ1n) is 6.51. The van der Waals surface area contributed by atoms with Crippen molar-refractivity contribution in [3.8, 4) is 0 Å². The Morgan fingerprint density at radius 1 is 1.22 bits per heavy atom. The Bertz CT molecular complexity index is 433. The molecule has 1 heterocycles. The molecule has 1 aromatic rings. The van der Waals surface area contributed by atoms with Crippen molar-refractivity contribution < 1.29 is 9.84 Å². The van der Waals surface area contributed by atoms with Crippen LogP contribution in [0.3, 0.4) is 0 Å². The molecule has 2 rings (SSSR count). The van der Waals surface area contributed by atoms with Crippen molar-refractivity contribution >= 4 is 11.6 Å². The lowest BCUT2D eigenvalue weighted by Gasteiger charge is -2.25. The van der Waals surface area contributed by atoms with Gasteiger partial charge in [-0.2, -0.15) is 0 Å². The summed E-state index contributed by atoms with van der Waals surface area (Å²) in [6.07, 6.45) is -0.247. The second-order valence-electron chi connectivity index (χ2n) is 5.44. The Balaban J connectivity index is 2.25. The minimum atomic E-state index is -0.516. The summed E-state index contributed by atoms with van der Waals surface area (Å²) < 4.78 is 5.79. The number of halogens is 1. The van der Waals surface area contributed by atoms with E-state index in [-0.39, 0.29) is 18.1 Å². The molecule has 1 aromatic carbocycles. The Morgan fingerprint density at radius 2 is 1.89 bits per heavy atom. The average Bonchev–Trinajstić information content (AvgIpc) is 2.56. The van der Waals surface area contributed by atoms with Crippen LogP contribution in [0, 0.1) is 18.8 Å². The highest BCUT2D eigenvalue weighted by Crippen LogP contribution is 2.41. The smallest absolute Gasteiger partial charge is 0.0846 e. The van der Waals surface area contributed by atoms with Crippen LogP contribution < -0.4 is 0 Å². The van der Waals surface area contributed by atoms with Gasteiger partial charge in [0.25, 0.3) is 0 Å². The summed E-state index contributed by atoms with van der Waals surface area (Å²) in [7, 11) is 0. The topological polar surface area (TPSA) is 29.5 Å². The minimum absolute atomic E-state index is 0.0741. The number of aliphatic hydroxyl groups excluding tert-OH is 1. The van der Waals surface area contributed by atoms with E-state index >= 15 is 0 Å². The Kier molecular flexibility index (Phi) is 4.00. The van der Waals surface area contributed by atoms with Crippen LogP contribution in [0.2, 0.25) is 5.02 Å². The van der Waals surface area contributed by atoms with Crippen LogP contribution in [0.5, 0.6) is 0 Å². The van der Waals surface area contributed by atoms with Crippen LogP contribution in [0.1, 0.15) is 38.0 Å². The molecule has 3 heteroatoms. The zero-order valence-electron chi connectivity index (χ0n) is 11.4. The molecule has 1 aliphatic rings. The maximum atomic E-state index is 10.6. The molecule has 1 saturated heterocycles. The predicted octanol–water partition coefficient (Wildman–Crippen LogP) is 3.74. The van der Waals surface area contributed by atoms with Gasteiger partial charge in [0.05, 0.1) is 18.3 Å². The van der Waals surface area contributed by atoms with Crippen molar-refractivity contribution in [2.24, 2.45) is 11.8 Å². The van der Waals surface area contributed by atoms with Gasteiger partial charge < -0.3 is 9.84 Å². The third-order valence-electron chi connectivity index (χ3n) is 4.22. The number of aryl methyl sites for hydroxylation is 1. The second-order valence-corrected chi connectivity index (χ2v) is 5.84. The molecular formula is C15H21ClO2. The summed E-state index contributed by atoms with van der Waals surface area (Å²) in [6, 6.07) is 5.77. The van der Waals surface area contributed by atoms with E-state index in [2.05, 4.69) is 13.8 Å². The molecule has 2 nitrogen and oxygen atoms in total. The number of aliphatic hydroxyl groups is 1. The summed E-state index contributed by atoms with van der Waals surface area (Å²) in [5.41, 5.74) is 1.91. The SMILES string of the molecule is Cc1ccc(C(O)C2C(C)OC(C)C2C)cc1Cl. The highest BCUT2D eigenvalue weighted by molar-refractivity contribution is 6.31. The summed E-state index contributed by atoms with van der Waals surface area (Å²) in [5, 5.41) is 11.3. The molecule has 0 aliphatic carbocycles. The van der Waals surface area contributed by atoms with Crippen molar-refractivity contribution in [2.75, 3.05) is 0 Å². The van der Waals surface area contributed by atoms with Gasteiger partial charge in [0.15, 0.2) is 0 Å². The molecule has 0 aromatic heterocycles. The quantitative estimate of drug-likeness (QED) is 0.885. The van der Waals surface area contributed by atoms with Gasteiger partial charge in [0, 0.05) is 10.9 Å². The molecule has 0 saturated carbocycles. The number of hydrogen-bond acceptors (Lipinski definition) is 2. The van der Waals surface area contributed by atoms with E-state index in [0.29, 0.717) is 10.9 Å². The molecule has 100 valence electrons. The molecule has 0 spiro atoms. The van der Waals surface area contributed by atoms with Gasteiger partial charge in [0.1, 0.15) is 0 Å². The zero-order valence-corrected chi connectivity index (χ0v) is 12.1. The average molecular weight is 269 g/mol. The maximum Gasteiger partial charge on any atom is 0.0846 e. The van der Waals surface area contributed by atoms with E-state index in [1.165, 1.54) is 0 Å². The summed E-state index contributed by atoms with van der Waals surface area (Å²) >= 11 is 6.12. The summed E-state index contributed by atoms with van der Waals surface area (Å²) in [5.74, 6) is 0.467. The Hall–Kier alpha value is -0.570. The van der Waals surface area contributed by atoms with E-state index in [0.717, 1.165) is 11.1 Å². The first kappa shape index (κ1) is 13.9. The minimum Gasteiger partial charge on any atom is -0.388 e. The van der Waals surface area contributed by atoms with E-state index in [9.17, 15) is 5.11 Å². The molecule has 0 amide bonds. The van der Waals surface area contributed by atoms with E-state index in [1.807, 2.05) is 32.0 Å². The van der Waals surface area contributed by atoms with Gasteiger partial charge in [-0.15, -0.1) is 0 Å². The van der Waals surface area contributed by atoms with Crippen LogP contribution in [-0.2, 0) is 4.74 Å². The third kappa shape index (κ3) is 2.42. The molecule has 0 bridgehead atoms. The fourth-order valence-corrected chi connectivity index (χ4v) is 3.04. The predicted molar refractivity (Wildman–Crippen MR) is 73.8 cm³/mol. The van der Waals surface area contributed by atoms with Crippen LogP contribution in [0.25, 0.3) is 0 Å². The van der Waals surface area contributed by atoms with Crippen molar-refractivity contribution in [3.63, 3.8) is 0 Å². The summed E-state index contributed by atoms with van der Waals surface area (Å²) in [6.45, 7) is 8.20. The van der Waals surface area contributed by atoms with Crippen molar-refractivity contribution in [1.29, 1.82) is 0 Å². The number of benzene rings is 1. The Morgan fingerprint density at radius 3 is 2.39 bits per heavy atom. The normalized spacial score (nSPS) is 33.7. The number of ether oxygens (including phenoxy) is 1. The largest absolute Gasteiger partial charge is 0.388 e. The fourth-order valence-electron chi connectivity index (χ4n) is 2.85. The van der Waals surface area contributed by atoms with Crippen molar-refractivity contribution in [2.45, 2.75) is 46.0 Å². The first-order valence-corrected chi connectivity index (χ1v) is 6.89. The van der Waals surface area contributed by atoms with Gasteiger partial charge >= 0.3 is 0 Å². The highest BCUT2D eigenvalue weighted by atomic mass is 35.5. The van der Waals surface area contributed by atoms with Crippen LogP contribution in [-0.4, -0.2) is 17.3 Å². The van der Waals surface area contributed by atoms with E-state index in [4.69, 9.17) is 16.3 Å². The lowest BCUT2D eigenvalue weighted by Crippen LogP contribution is -2.25. The van der Waals surface area contributed by atoms with Crippen molar-refractivity contribution in [3.05, 3.63) is 34.3 Å². The van der Waals surface area contributed by atoms with Crippen molar-refractivity contribution in [1.82, 2.24) is 0 Å². The van der Waals surface area contributed by atoms with Gasteiger partial charge in [0.2, 0.25) is 0 Å². The summed E-state index contributed by atoms with van der Waals surface area (Å²) in [4.78, 5) is 0. The lowest BCUT2D eigenvalue weighted by molar-refractivity contribution is 0.0231. The standard InChI is InChI=1S/C15H21ClO2/c1-8-5-6-12(7-13(8)16)15(17)14-9(2)10(3)18-11(14)4/h5-7,9-11,14-15,17H,1-4H3. The second kappa shape index (κ2) is 5.20. The van der Waals surface area contributed by atoms with Gasteiger partial charge in [-0.1, -0.05) is 30.7 Å². The molecule has 5 atom stereocenters. The number of hydrogen-bond donors (Lipinski definition) is 1. The molecule has 1 N–H and O–H groups in total. The van der Waals surface area contributed by atoms with Crippen LogP contribution >= 0.6 is 11.6 Å².